The summed E-state index contributed by atoms with van der Waals surface area (Å²) in [5.41, 5.74) is 1.70. The second-order valence-corrected chi connectivity index (χ2v) is 6.11. The Kier molecular flexibility index (Phi) is 4.76. The van der Waals surface area contributed by atoms with E-state index in [1.54, 1.807) is 18.2 Å². The van der Waals surface area contributed by atoms with E-state index in [4.69, 9.17) is 20.8 Å². The third-order valence-corrected chi connectivity index (χ3v) is 3.98. The van der Waals surface area contributed by atoms with E-state index in [9.17, 15) is 4.79 Å². The number of aryl methyl sites for hydroxylation is 1. The predicted octanol–water partition coefficient (Wildman–Crippen LogP) is 4.65. The molecule has 0 bridgehead atoms. The molecule has 1 N–H and O–H groups in total. The zero-order chi connectivity index (χ0) is 17.1. The van der Waals surface area contributed by atoms with Crippen molar-refractivity contribution in [3.8, 4) is 5.75 Å². The first-order chi connectivity index (χ1) is 11.5. The van der Waals surface area contributed by atoms with Gasteiger partial charge in [-0.05, 0) is 49.7 Å². The molecule has 1 heterocycles. The van der Waals surface area contributed by atoms with E-state index >= 15 is 0 Å². The van der Waals surface area contributed by atoms with Crippen molar-refractivity contribution in [3.63, 3.8) is 0 Å². The van der Waals surface area contributed by atoms with Crippen LogP contribution in [0, 0.1) is 6.92 Å². The molecule has 0 aliphatic rings. The van der Waals surface area contributed by atoms with Gasteiger partial charge < -0.3 is 14.5 Å². The van der Waals surface area contributed by atoms with Gasteiger partial charge in [0.05, 0.1) is 6.04 Å². The quantitative estimate of drug-likeness (QED) is 0.733. The van der Waals surface area contributed by atoms with E-state index < -0.39 is 0 Å². The smallest absolute Gasteiger partial charge is 0.258 e. The molecule has 0 unspecified atom stereocenters. The molecule has 1 atom stereocenters. The number of hydrogen-bond donors (Lipinski definition) is 1. The van der Waals surface area contributed by atoms with E-state index in [1.165, 1.54) is 0 Å². The third-order valence-electron chi connectivity index (χ3n) is 3.74. The number of halogens is 1. The molecule has 3 rings (SSSR count). The first kappa shape index (κ1) is 16.4. The molecular weight excluding hydrogens is 326 g/mol. The van der Waals surface area contributed by atoms with Crippen LogP contribution in [0.15, 0.2) is 52.9 Å². The van der Waals surface area contributed by atoms with Crippen LogP contribution < -0.4 is 10.1 Å². The van der Waals surface area contributed by atoms with Crippen LogP contribution in [0.3, 0.4) is 0 Å². The second kappa shape index (κ2) is 6.97. The van der Waals surface area contributed by atoms with Gasteiger partial charge in [-0.3, -0.25) is 4.79 Å². The molecule has 0 spiro atoms. The lowest BCUT2D eigenvalue weighted by atomic mass is 10.2. The minimum atomic E-state index is -0.236. The molecule has 0 aliphatic heterocycles. The molecule has 24 heavy (non-hydrogen) atoms. The third kappa shape index (κ3) is 3.71. The number of hydrogen-bond acceptors (Lipinski definition) is 3. The topological polar surface area (TPSA) is 51.5 Å². The number of para-hydroxylation sites is 1. The molecule has 1 aromatic heterocycles. The number of rotatable bonds is 5. The number of carbonyl (C=O) groups is 1. The first-order valence-corrected chi connectivity index (χ1v) is 8.07. The van der Waals surface area contributed by atoms with Crippen LogP contribution in [-0.2, 0) is 4.79 Å². The fraction of sp³-hybridized carbons (Fsp3) is 0.211. The monoisotopic (exact) mass is 343 g/mol. The summed E-state index contributed by atoms with van der Waals surface area (Å²) in [7, 11) is 0. The minimum absolute atomic E-state index is 0.0625. The Morgan fingerprint density at radius 1 is 1.25 bits per heavy atom. The maximum absolute atomic E-state index is 12.1. The van der Waals surface area contributed by atoms with Gasteiger partial charge in [0.1, 0.15) is 17.1 Å². The van der Waals surface area contributed by atoms with E-state index in [-0.39, 0.29) is 18.6 Å². The van der Waals surface area contributed by atoms with Crippen LogP contribution in [0.4, 0.5) is 0 Å². The highest BCUT2D eigenvalue weighted by molar-refractivity contribution is 6.30. The number of carbonyl (C=O) groups excluding carboxylic acids is 1. The number of fused-ring (bicyclic) bond motifs is 1. The fourth-order valence-corrected chi connectivity index (χ4v) is 2.71. The molecule has 5 heteroatoms. The number of amides is 1. The molecule has 1 amide bonds. The summed E-state index contributed by atoms with van der Waals surface area (Å²) >= 11 is 5.90. The van der Waals surface area contributed by atoms with Gasteiger partial charge in [-0.1, -0.05) is 29.8 Å². The maximum Gasteiger partial charge on any atom is 0.258 e. The van der Waals surface area contributed by atoms with E-state index in [0.717, 1.165) is 16.5 Å². The van der Waals surface area contributed by atoms with Crippen LogP contribution in [0.5, 0.6) is 5.75 Å². The van der Waals surface area contributed by atoms with Gasteiger partial charge in [0.2, 0.25) is 0 Å². The van der Waals surface area contributed by atoms with Gasteiger partial charge in [0.15, 0.2) is 6.61 Å². The SMILES string of the molecule is Cc1cc(Cl)ccc1OCC(=O)N[C@H](C)c1cc2ccccc2o1. The Bertz CT molecular complexity index is 839. The fourth-order valence-electron chi connectivity index (χ4n) is 2.49. The van der Waals surface area contributed by atoms with Crippen molar-refractivity contribution in [2.75, 3.05) is 6.61 Å². The molecule has 0 radical (unpaired) electrons. The van der Waals surface area contributed by atoms with Crippen LogP contribution in [0.25, 0.3) is 11.0 Å². The normalized spacial score (nSPS) is 12.1. The van der Waals surface area contributed by atoms with Crippen molar-refractivity contribution in [2.45, 2.75) is 19.9 Å². The van der Waals surface area contributed by atoms with Crippen molar-refractivity contribution >= 4 is 28.5 Å². The van der Waals surface area contributed by atoms with E-state index in [0.29, 0.717) is 16.5 Å². The summed E-state index contributed by atoms with van der Waals surface area (Å²) in [6.07, 6.45) is 0. The summed E-state index contributed by atoms with van der Waals surface area (Å²) in [6, 6.07) is 14.7. The number of benzene rings is 2. The van der Waals surface area contributed by atoms with Gasteiger partial charge in [-0.25, -0.2) is 0 Å². The van der Waals surface area contributed by atoms with E-state index in [1.807, 2.05) is 44.2 Å². The average molecular weight is 344 g/mol. The number of furan rings is 1. The summed E-state index contributed by atoms with van der Waals surface area (Å²) < 4.78 is 11.3. The van der Waals surface area contributed by atoms with Gasteiger partial charge in [0, 0.05) is 10.4 Å². The highest BCUT2D eigenvalue weighted by Gasteiger charge is 2.14. The summed E-state index contributed by atoms with van der Waals surface area (Å²) in [6.45, 7) is 3.70. The van der Waals surface area contributed by atoms with Crippen molar-refractivity contribution in [3.05, 3.63) is 64.9 Å². The van der Waals surface area contributed by atoms with Crippen molar-refractivity contribution < 1.29 is 13.9 Å². The Labute approximate surface area is 145 Å². The average Bonchev–Trinajstić information content (AvgIpc) is 2.98. The molecule has 4 nitrogen and oxygen atoms in total. The Balaban J connectivity index is 1.59. The highest BCUT2D eigenvalue weighted by Crippen LogP contribution is 2.24. The van der Waals surface area contributed by atoms with Crippen LogP contribution in [-0.4, -0.2) is 12.5 Å². The van der Waals surface area contributed by atoms with E-state index in [2.05, 4.69) is 5.32 Å². The Morgan fingerprint density at radius 3 is 2.79 bits per heavy atom. The van der Waals surface area contributed by atoms with Gasteiger partial charge >= 0.3 is 0 Å². The van der Waals surface area contributed by atoms with Crippen LogP contribution in [0.1, 0.15) is 24.3 Å². The summed E-state index contributed by atoms with van der Waals surface area (Å²) in [5.74, 6) is 1.15. The lowest BCUT2D eigenvalue weighted by Crippen LogP contribution is -2.31. The largest absolute Gasteiger partial charge is 0.484 e. The second-order valence-electron chi connectivity index (χ2n) is 5.67. The summed E-state index contributed by atoms with van der Waals surface area (Å²) in [5, 5.41) is 4.53. The van der Waals surface area contributed by atoms with Crippen LogP contribution >= 0.6 is 11.6 Å². The number of nitrogens with one attached hydrogen (secondary N) is 1. The zero-order valence-electron chi connectivity index (χ0n) is 13.5. The minimum Gasteiger partial charge on any atom is -0.484 e. The van der Waals surface area contributed by atoms with Gasteiger partial charge in [-0.15, -0.1) is 0 Å². The molecule has 124 valence electrons. The van der Waals surface area contributed by atoms with Gasteiger partial charge in [0.25, 0.3) is 5.91 Å². The predicted molar refractivity (Wildman–Crippen MR) is 94.5 cm³/mol. The molecule has 0 fully saturated rings. The lowest BCUT2D eigenvalue weighted by Gasteiger charge is -2.13. The van der Waals surface area contributed by atoms with Crippen LogP contribution in [0.2, 0.25) is 5.02 Å². The maximum atomic E-state index is 12.1. The molecule has 0 aliphatic carbocycles. The van der Waals surface area contributed by atoms with Crippen molar-refractivity contribution in [2.24, 2.45) is 0 Å². The number of ether oxygens (including phenoxy) is 1. The standard InChI is InChI=1S/C19H18ClNO3/c1-12-9-15(20)7-8-16(12)23-11-19(22)21-13(2)18-10-14-5-3-4-6-17(14)24-18/h3-10,13H,11H2,1-2H3,(H,21,22)/t13-/m1/s1. The Morgan fingerprint density at radius 2 is 2.04 bits per heavy atom. The zero-order valence-corrected chi connectivity index (χ0v) is 14.3. The highest BCUT2D eigenvalue weighted by atomic mass is 35.5. The molecule has 3 aromatic rings. The van der Waals surface area contributed by atoms with Crippen molar-refractivity contribution in [1.29, 1.82) is 0 Å². The molecular formula is C19H18ClNO3. The Hall–Kier alpha value is -2.46. The van der Waals surface area contributed by atoms with Crippen molar-refractivity contribution in [1.82, 2.24) is 5.32 Å². The first-order valence-electron chi connectivity index (χ1n) is 7.70. The molecule has 2 aromatic carbocycles. The van der Waals surface area contributed by atoms with Gasteiger partial charge in [-0.2, -0.15) is 0 Å². The lowest BCUT2D eigenvalue weighted by molar-refractivity contribution is -0.123. The molecule has 0 saturated heterocycles. The molecule has 0 saturated carbocycles. The summed E-state index contributed by atoms with van der Waals surface area (Å²) in [4.78, 5) is 12.1.